The maximum absolute atomic E-state index is 12.1. The molecule has 1 aromatic heterocycles. The predicted molar refractivity (Wildman–Crippen MR) is 104 cm³/mol. The van der Waals surface area contributed by atoms with E-state index in [1.807, 2.05) is 19.9 Å². The van der Waals surface area contributed by atoms with Gasteiger partial charge >= 0.3 is 6.09 Å². The Bertz CT molecular complexity index is 865. The fourth-order valence-corrected chi connectivity index (χ4v) is 2.34. The lowest BCUT2D eigenvalue weighted by molar-refractivity contribution is -0.122. The normalized spacial score (nSPS) is 10.9. The number of hydrogen-bond donors (Lipinski definition) is 3. The molecule has 0 unspecified atom stereocenters. The van der Waals surface area contributed by atoms with E-state index >= 15 is 0 Å². The van der Waals surface area contributed by atoms with E-state index in [4.69, 9.17) is 4.74 Å². The van der Waals surface area contributed by atoms with Crippen molar-refractivity contribution >= 4 is 23.6 Å². The van der Waals surface area contributed by atoms with E-state index in [1.165, 1.54) is 12.1 Å². The molecule has 28 heavy (non-hydrogen) atoms. The Morgan fingerprint density at radius 3 is 2.25 bits per heavy atom. The molecule has 3 N–H and O–H groups in total. The van der Waals surface area contributed by atoms with Crippen LogP contribution >= 0.6 is 0 Å². The summed E-state index contributed by atoms with van der Waals surface area (Å²) >= 11 is 0. The number of hydrazine groups is 1. The molecule has 0 atom stereocenters. The third kappa shape index (κ3) is 6.42. The van der Waals surface area contributed by atoms with Gasteiger partial charge in [0.25, 0.3) is 11.8 Å². The van der Waals surface area contributed by atoms with Crippen LogP contribution in [-0.2, 0) is 16.1 Å². The molecule has 0 aliphatic rings. The van der Waals surface area contributed by atoms with Gasteiger partial charge in [-0.2, -0.15) is 5.10 Å². The summed E-state index contributed by atoms with van der Waals surface area (Å²) in [5.74, 6) is -0.881. The SMILES string of the molecule is Cc1cc(C)n(CC(=O)NNC(=O)c2ccc(NC(=O)OC(C)(C)C)cc2)n1. The molecule has 150 valence electrons. The number of ether oxygens (including phenoxy) is 1. The molecule has 0 radical (unpaired) electrons. The number of nitrogens with one attached hydrogen (secondary N) is 3. The molecule has 0 saturated carbocycles. The summed E-state index contributed by atoms with van der Waals surface area (Å²) < 4.78 is 6.71. The van der Waals surface area contributed by atoms with Gasteiger partial charge in [-0.05, 0) is 65.0 Å². The van der Waals surface area contributed by atoms with Crippen molar-refractivity contribution in [2.24, 2.45) is 0 Å². The smallest absolute Gasteiger partial charge is 0.412 e. The minimum Gasteiger partial charge on any atom is -0.444 e. The first-order valence-corrected chi connectivity index (χ1v) is 8.74. The first-order chi connectivity index (χ1) is 13.0. The van der Waals surface area contributed by atoms with Gasteiger partial charge in [-0.15, -0.1) is 0 Å². The molecule has 3 amide bonds. The summed E-state index contributed by atoms with van der Waals surface area (Å²) in [5.41, 5.74) is 6.57. The molecule has 2 rings (SSSR count). The van der Waals surface area contributed by atoms with Crippen LogP contribution in [0.1, 0.15) is 42.5 Å². The van der Waals surface area contributed by atoms with Crippen molar-refractivity contribution in [3.05, 3.63) is 47.3 Å². The maximum Gasteiger partial charge on any atom is 0.412 e. The van der Waals surface area contributed by atoms with Gasteiger partial charge in [0, 0.05) is 16.9 Å². The topological polar surface area (TPSA) is 114 Å². The number of aromatic nitrogens is 2. The molecule has 1 heterocycles. The highest BCUT2D eigenvalue weighted by atomic mass is 16.6. The molecule has 0 bridgehead atoms. The second kappa shape index (κ2) is 8.55. The molecule has 2 aromatic rings. The van der Waals surface area contributed by atoms with Crippen molar-refractivity contribution < 1.29 is 19.1 Å². The van der Waals surface area contributed by atoms with Crippen LogP contribution < -0.4 is 16.2 Å². The Kier molecular flexibility index (Phi) is 6.40. The van der Waals surface area contributed by atoms with Gasteiger partial charge < -0.3 is 4.74 Å². The van der Waals surface area contributed by atoms with E-state index in [2.05, 4.69) is 21.3 Å². The molecule has 0 spiro atoms. The number of anilines is 1. The molecule has 0 aliphatic heterocycles. The molecule has 9 heteroatoms. The van der Waals surface area contributed by atoms with Crippen LogP contribution in [0.15, 0.2) is 30.3 Å². The Morgan fingerprint density at radius 1 is 1.07 bits per heavy atom. The van der Waals surface area contributed by atoms with Gasteiger partial charge in [0.2, 0.25) is 0 Å². The lowest BCUT2D eigenvalue weighted by atomic mass is 10.2. The molecule has 0 fully saturated rings. The lowest BCUT2D eigenvalue weighted by Gasteiger charge is -2.19. The van der Waals surface area contributed by atoms with E-state index in [9.17, 15) is 14.4 Å². The average molecular weight is 387 g/mol. The number of carbonyl (C=O) groups is 3. The summed E-state index contributed by atoms with van der Waals surface area (Å²) in [4.78, 5) is 35.8. The number of nitrogens with zero attached hydrogens (tertiary/aromatic N) is 2. The van der Waals surface area contributed by atoms with Gasteiger partial charge in [-0.3, -0.25) is 30.4 Å². The zero-order valence-corrected chi connectivity index (χ0v) is 16.6. The third-order valence-electron chi connectivity index (χ3n) is 3.50. The lowest BCUT2D eigenvalue weighted by Crippen LogP contribution is -2.43. The first kappa shape index (κ1) is 20.9. The summed E-state index contributed by atoms with van der Waals surface area (Å²) in [6.07, 6.45) is -0.582. The molecular formula is C19H25N5O4. The van der Waals surface area contributed by atoms with Crippen molar-refractivity contribution in [3.8, 4) is 0 Å². The Morgan fingerprint density at radius 2 is 1.71 bits per heavy atom. The molecular weight excluding hydrogens is 362 g/mol. The third-order valence-corrected chi connectivity index (χ3v) is 3.50. The predicted octanol–water partition coefficient (Wildman–Crippen LogP) is 2.31. The number of rotatable bonds is 4. The van der Waals surface area contributed by atoms with Crippen molar-refractivity contribution in [1.29, 1.82) is 0 Å². The molecule has 0 saturated heterocycles. The minimum atomic E-state index is -0.602. The Labute approximate surface area is 163 Å². The molecule has 0 aliphatic carbocycles. The highest BCUT2D eigenvalue weighted by Gasteiger charge is 2.16. The number of carbonyl (C=O) groups excluding carboxylic acids is 3. The van der Waals surface area contributed by atoms with E-state index in [0.717, 1.165) is 11.4 Å². The number of aryl methyl sites for hydroxylation is 2. The van der Waals surface area contributed by atoms with Crippen LogP contribution in [0.5, 0.6) is 0 Å². The van der Waals surface area contributed by atoms with E-state index in [0.29, 0.717) is 11.3 Å². The fourth-order valence-electron chi connectivity index (χ4n) is 2.34. The highest BCUT2D eigenvalue weighted by molar-refractivity contribution is 5.96. The van der Waals surface area contributed by atoms with Crippen molar-refractivity contribution in [2.45, 2.75) is 46.8 Å². The van der Waals surface area contributed by atoms with Gasteiger partial charge in [0.05, 0.1) is 5.69 Å². The van der Waals surface area contributed by atoms with Crippen LogP contribution in [0.25, 0.3) is 0 Å². The summed E-state index contributed by atoms with van der Waals surface area (Å²) in [7, 11) is 0. The van der Waals surface area contributed by atoms with Gasteiger partial charge in [-0.25, -0.2) is 4.79 Å². The summed E-state index contributed by atoms with van der Waals surface area (Å²) in [6, 6.07) is 8.04. The number of amides is 3. The Hall–Kier alpha value is -3.36. The average Bonchev–Trinajstić information content (AvgIpc) is 2.88. The highest BCUT2D eigenvalue weighted by Crippen LogP contribution is 2.13. The monoisotopic (exact) mass is 387 g/mol. The minimum absolute atomic E-state index is 0.00129. The number of hydrogen-bond acceptors (Lipinski definition) is 5. The Balaban J connectivity index is 1.84. The van der Waals surface area contributed by atoms with E-state index in [1.54, 1.807) is 37.6 Å². The molecule has 1 aromatic carbocycles. The molecule has 9 nitrogen and oxygen atoms in total. The van der Waals surface area contributed by atoms with Crippen molar-refractivity contribution in [2.75, 3.05) is 5.32 Å². The van der Waals surface area contributed by atoms with Crippen LogP contribution in [0, 0.1) is 13.8 Å². The van der Waals surface area contributed by atoms with E-state index in [-0.39, 0.29) is 6.54 Å². The summed E-state index contributed by atoms with van der Waals surface area (Å²) in [6.45, 7) is 8.98. The van der Waals surface area contributed by atoms with Gasteiger partial charge in [-0.1, -0.05) is 0 Å². The first-order valence-electron chi connectivity index (χ1n) is 8.74. The van der Waals surface area contributed by atoms with Gasteiger partial charge in [0.1, 0.15) is 12.1 Å². The van der Waals surface area contributed by atoms with Gasteiger partial charge in [0.15, 0.2) is 0 Å². The standard InChI is InChI=1S/C19H25N5O4/c1-12-10-13(2)24(23-12)11-16(25)21-22-17(26)14-6-8-15(9-7-14)20-18(27)28-19(3,4)5/h6-10H,11H2,1-5H3,(H,20,27)(H,21,25)(H,22,26). The second-order valence-corrected chi connectivity index (χ2v) is 7.29. The van der Waals surface area contributed by atoms with Crippen LogP contribution in [-0.4, -0.2) is 33.3 Å². The van der Waals surface area contributed by atoms with E-state index < -0.39 is 23.5 Å². The fraction of sp³-hybridized carbons (Fsp3) is 0.368. The van der Waals surface area contributed by atoms with Crippen LogP contribution in [0.4, 0.5) is 10.5 Å². The number of benzene rings is 1. The van der Waals surface area contributed by atoms with Crippen LogP contribution in [0.3, 0.4) is 0 Å². The quantitative estimate of drug-likeness (QED) is 0.697. The van der Waals surface area contributed by atoms with Crippen molar-refractivity contribution in [1.82, 2.24) is 20.6 Å². The maximum atomic E-state index is 12.1. The largest absolute Gasteiger partial charge is 0.444 e. The van der Waals surface area contributed by atoms with Crippen molar-refractivity contribution in [3.63, 3.8) is 0 Å². The zero-order chi connectivity index (χ0) is 20.9. The zero-order valence-electron chi connectivity index (χ0n) is 16.6. The van der Waals surface area contributed by atoms with Crippen LogP contribution in [0.2, 0.25) is 0 Å². The summed E-state index contributed by atoms with van der Waals surface area (Å²) in [5, 5.41) is 6.77. The second-order valence-electron chi connectivity index (χ2n) is 7.29.